The number of hydrogen-bond acceptors (Lipinski definition) is 5. The van der Waals surface area contributed by atoms with E-state index in [1.54, 1.807) is 36.5 Å². The minimum absolute atomic E-state index is 0.139. The normalized spacial score (nSPS) is 16.5. The fourth-order valence-electron chi connectivity index (χ4n) is 5.27. The van der Waals surface area contributed by atoms with Gasteiger partial charge in [0.05, 0.1) is 17.3 Å². The Bertz CT molecular complexity index is 1750. The number of thiocarbonyl (C=S) groups is 1. The van der Waals surface area contributed by atoms with E-state index < -0.39 is 12.0 Å². The minimum atomic E-state index is -1.03. The maximum atomic E-state index is 13.1. The number of benzene rings is 3. The van der Waals surface area contributed by atoms with E-state index in [-0.39, 0.29) is 23.9 Å². The van der Waals surface area contributed by atoms with Gasteiger partial charge in [-0.25, -0.2) is 4.79 Å². The molecule has 6 rings (SSSR count). The van der Waals surface area contributed by atoms with Crippen LogP contribution in [0.3, 0.4) is 0 Å². The van der Waals surface area contributed by atoms with Crippen LogP contribution < -0.4 is 10.6 Å². The molecule has 1 aliphatic rings. The van der Waals surface area contributed by atoms with E-state index in [2.05, 4.69) is 15.6 Å². The van der Waals surface area contributed by atoms with Crippen LogP contribution >= 0.6 is 12.2 Å². The van der Waals surface area contributed by atoms with E-state index in [1.807, 2.05) is 71.6 Å². The minimum Gasteiger partial charge on any atom is -0.478 e. The van der Waals surface area contributed by atoms with Crippen molar-refractivity contribution < 1.29 is 19.1 Å². The molecule has 41 heavy (non-hydrogen) atoms. The van der Waals surface area contributed by atoms with E-state index in [0.717, 1.165) is 22.2 Å². The number of carboxylic acid groups (broad SMARTS) is 1. The van der Waals surface area contributed by atoms with Gasteiger partial charge in [-0.1, -0.05) is 60.7 Å². The van der Waals surface area contributed by atoms with Crippen molar-refractivity contribution in [2.75, 3.05) is 11.9 Å². The summed E-state index contributed by atoms with van der Waals surface area (Å²) in [6.45, 7) is 0.332. The lowest BCUT2D eigenvalue weighted by Crippen LogP contribution is -2.32. The first kappa shape index (κ1) is 26.2. The first-order chi connectivity index (χ1) is 20.0. The van der Waals surface area contributed by atoms with Crippen molar-refractivity contribution in [3.8, 4) is 11.3 Å². The van der Waals surface area contributed by atoms with E-state index in [4.69, 9.17) is 16.6 Å². The van der Waals surface area contributed by atoms with Crippen LogP contribution in [0.25, 0.3) is 22.1 Å². The molecule has 2 atom stereocenters. The molecule has 2 aromatic heterocycles. The van der Waals surface area contributed by atoms with Crippen molar-refractivity contribution in [3.05, 3.63) is 120 Å². The molecular weight excluding hydrogens is 536 g/mol. The van der Waals surface area contributed by atoms with Crippen LogP contribution in [0.1, 0.15) is 40.3 Å². The van der Waals surface area contributed by atoms with Crippen molar-refractivity contribution in [2.24, 2.45) is 0 Å². The van der Waals surface area contributed by atoms with Crippen LogP contribution in [-0.4, -0.2) is 38.5 Å². The van der Waals surface area contributed by atoms with Crippen LogP contribution in [0.15, 0.2) is 108 Å². The second-order valence-corrected chi connectivity index (χ2v) is 10.1. The number of anilines is 1. The lowest BCUT2D eigenvalue weighted by Gasteiger charge is -2.26. The molecule has 0 bridgehead atoms. The molecule has 1 amide bonds. The topological polar surface area (TPSA) is 108 Å². The lowest BCUT2D eigenvalue weighted by atomic mass is 10.0. The van der Waals surface area contributed by atoms with Crippen LogP contribution in [0.5, 0.6) is 0 Å². The third-order valence-electron chi connectivity index (χ3n) is 7.18. The van der Waals surface area contributed by atoms with Crippen LogP contribution in [0, 0.1) is 0 Å². The summed E-state index contributed by atoms with van der Waals surface area (Å²) in [6, 6.07) is 28.9. The van der Waals surface area contributed by atoms with Crippen molar-refractivity contribution in [2.45, 2.75) is 18.5 Å². The summed E-state index contributed by atoms with van der Waals surface area (Å²) in [7, 11) is 0. The molecule has 9 heteroatoms. The Kier molecular flexibility index (Phi) is 7.18. The maximum Gasteiger partial charge on any atom is 0.336 e. The number of carboxylic acids is 1. The van der Waals surface area contributed by atoms with Gasteiger partial charge in [-0.05, 0) is 54.0 Å². The molecule has 1 saturated heterocycles. The van der Waals surface area contributed by atoms with Crippen molar-refractivity contribution in [1.29, 1.82) is 0 Å². The number of pyridine rings is 1. The number of carbonyl (C=O) groups excluding carboxylic acids is 1. The summed E-state index contributed by atoms with van der Waals surface area (Å²) in [5.41, 5.74) is 2.16. The van der Waals surface area contributed by atoms with Gasteiger partial charge in [-0.3, -0.25) is 9.78 Å². The smallest absolute Gasteiger partial charge is 0.336 e. The Morgan fingerprint density at radius 1 is 0.951 bits per heavy atom. The van der Waals surface area contributed by atoms with Gasteiger partial charge in [0.2, 0.25) is 5.91 Å². The molecule has 8 nitrogen and oxygen atoms in total. The van der Waals surface area contributed by atoms with Crippen molar-refractivity contribution >= 4 is 45.7 Å². The molecular formula is C32H26N4O4S. The van der Waals surface area contributed by atoms with E-state index in [9.17, 15) is 14.7 Å². The highest BCUT2D eigenvalue weighted by Gasteiger charge is 2.41. The van der Waals surface area contributed by atoms with Crippen molar-refractivity contribution in [1.82, 2.24) is 15.2 Å². The number of carbonyl (C=O) groups is 2. The first-order valence-electron chi connectivity index (χ1n) is 13.2. The zero-order chi connectivity index (χ0) is 28.3. The van der Waals surface area contributed by atoms with Crippen LogP contribution in [-0.2, 0) is 4.79 Å². The molecule has 0 aliphatic carbocycles. The molecule has 0 saturated carbocycles. The highest BCUT2D eigenvalue weighted by Crippen LogP contribution is 2.41. The quantitative estimate of drug-likeness (QED) is 0.192. The summed E-state index contributed by atoms with van der Waals surface area (Å²) >= 11 is 5.73. The fraction of sp³-hybridized carbons (Fsp3) is 0.125. The molecule has 3 aromatic carbocycles. The van der Waals surface area contributed by atoms with Gasteiger partial charge in [0.15, 0.2) is 5.11 Å². The molecule has 0 unspecified atom stereocenters. The molecule has 5 aromatic rings. The Labute approximate surface area is 241 Å². The highest BCUT2D eigenvalue weighted by atomic mass is 32.1. The third kappa shape index (κ3) is 5.27. The van der Waals surface area contributed by atoms with Gasteiger partial charge in [-0.15, -0.1) is 0 Å². The Morgan fingerprint density at radius 2 is 1.73 bits per heavy atom. The van der Waals surface area contributed by atoms with Crippen molar-refractivity contribution in [3.63, 3.8) is 0 Å². The monoisotopic (exact) mass is 562 g/mol. The number of rotatable bonds is 8. The number of furan rings is 1. The zero-order valence-corrected chi connectivity index (χ0v) is 22.7. The van der Waals surface area contributed by atoms with E-state index >= 15 is 0 Å². The number of amides is 1. The molecule has 204 valence electrons. The van der Waals surface area contributed by atoms with Gasteiger partial charge in [0.1, 0.15) is 17.6 Å². The molecule has 0 radical (unpaired) electrons. The fourth-order valence-corrected chi connectivity index (χ4v) is 5.60. The highest BCUT2D eigenvalue weighted by molar-refractivity contribution is 7.80. The number of fused-ring (bicyclic) bond motifs is 1. The summed E-state index contributed by atoms with van der Waals surface area (Å²) in [5, 5.41) is 18.6. The standard InChI is InChI=1S/C32H26N4O4S/c37-28(34-24-14-7-9-20-8-1-2-10-21(20)24)17-19-36-30(29(35-32(36)41)25-13-5-6-18-33-25)27-16-15-26(40-27)22-11-3-4-12-23(22)31(38)39/h1-16,18,29-30H,17,19H2,(H,34,37)(H,35,41)(H,38,39)/t29-,30+/m1/s1. The van der Waals surface area contributed by atoms with E-state index in [1.165, 1.54) is 0 Å². The van der Waals surface area contributed by atoms with Gasteiger partial charge in [-0.2, -0.15) is 0 Å². The molecule has 0 spiro atoms. The number of aromatic nitrogens is 1. The first-order valence-corrected chi connectivity index (χ1v) is 13.6. The lowest BCUT2D eigenvalue weighted by molar-refractivity contribution is -0.116. The average Bonchev–Trinajstić information content (AvgIpc) is 3.61. The molecule has 3 heterocycles. The largest absolute Gasteiger partial charge is 0.478 e. The predicted octanol–water partition coefficient (Wildman–Crippen LogP) is 6.19. The summed E-state index contributed by atoms with van der Waals surface area (Å²) in [4.78, 5) is 31.4. The summed E-state index contributed by atoms with van der Waals surface area (Å²) in [6.07, 6.45) is 1.90. The van der Waals surface area contributed by atoms with E-state index in [0.29, 0.717) is 28.7 Å². The zero-order valence-electron chi connectivity index (χ0n) is 21.9. The predicted molar refractivity (Wildman–Crippen MR) is 160 cm³/mol. The number of aromatic carboxylic acids is 1. The van der Waals surface area contributed by atoms with Gasteiger partial charge < -0.3 is 25.1 Å². The number of nitrogens with one attached hydrogen (secondary N) is 2. The summed E-state index contributed by atoms with van der Waals surface area (Å²) < 4.78 is 6.29. The molecule has 3 N–H and O–H groups in total. The average molecular weight is 563 g/mol. The van der Waals surface area contributed by atoms with Gasteiger partial charge in [0, 0.05) is 35.8 Å². The van der Waals surface area contributed by atoms with Gasteiger partial charge >= 0.3 is 5.97 Å². The number of nitrogens with zero attached hydrogens (tertiary/aromatic N) is 2. The third-order valence-corrected chi connectivity index (χ3v) is 7.53. The second kappa shape index (κ2) is 11.2. The number of hydrogen-bond donors (Lipinski definition) is 3. The Hall–Kier alpha value is -5.02. The SMILES string of the molecule is O=C(CCN1C(=S)N[C@H](c2ccccn2)[C@@H]1c1ccc(-c2ccccc2C(=O)O)o1)Nc1cccc2ccccc12. The summed E-state index contributed by atoms with van der Waals surface area (Å²) in [5.74, 6) is -0.158. The molecule has 1 fully saturated rings. The Balaban J connectivity index is 1.28. The maximum absolute atomic E-state index is 13.1. The van der Waals surface area contributed by atoms with Crippen LogP contribution in [0.4, 0.5) is 5.69 Å². The second-order valence-electron chi connectivity index (χ2n) is 9.70. The van der Waals surface area contributed by atoms with Crippen LogP contribution in [0.2, 0.25) is 0 Å². The van der Waals surface area contributed by atoms with Gasteiger partial charge in [0.25, 0.3) is 0 Å². The molecule has 1 aliphatic heterocycles. The Morgan fingerprint density at radius 3 is 2.56 bits per heavy atom.